The number of para-hydroxylation sites is 1. The summed E-state index contributed by atoms with van der Waals surface area (Å²) in [5, 5.41) is 7.17. The van der Waals surface area contributed by atoms with E-state index >= 15 is 0 Å². The maximum absolute atomic E-state index is 5.44. The Balaban J connectivity index is 1.79. The normalized spacial score (nSPS) is 18.1. The third-order valence-electron chi connectivity index (χ3n) is 3.75. The number of anilines is 1. The van der Waals surface area contributed by atoms with Crippen molar-refractivity contribution in [3.05, 3.63) is 47.3 Å². The second-order valence-electron chi connectivity index (χ2n) is 5.63. The van der Waals surface area contributed by atoms with Gasteiger partial charge in [-0.15, -0.1) is 0 Å². The minimum atomic E-state index is 0.671. The van der Waals surface area contributed by atoms with Gasteiger partial charge in [0.1, 0.15) is 0 Å². The largest absolute Gasteiger partial charge is 0.363 e. The first-order valence-corrected chi connectivity index (χ1v) is 7.18. The fraction of sp³-hybridized carbons (Fsp3) is 0.438. The van der Waals surface area contributed by atoms with Gasteiger partial charge in [-0.25, -0.2) is 0 Å². The van der Waals surface area contributed by atoms with Crippen LogP contribution in [-0.2, 0) is 19.5 Å². The van der Waals surface area contributed by atoms with E-state index in [-0.39, 0.29) is 0 Å². The summed E-state index contributed by atoms with van der Waals surface area (Å²) >= 11 is 0. The lowest BCUT2D eigenvalue weighted by Crippen LogP contribution is -2.33. The Morgan fingerprint density at radius 2 is 2.25 bits per heavy atom. The van der Waals surface area contributed by atoms with Crippen molar-refractivity contribution in [3.8, 4) is 0 Å². The van der Waals surface area contributed by atoms with E-state index in [1.165, 1.54) is 11.3 Å². The molecule has 1 aliphatic rings. The van der Waals surface area contributed by atoms with E-state index in [9.17, 15) is 0 Å². The molecule has 4 heteroatoms. The maximum Gasteiger partial charge on any atom is 0.156 e. The van der Waals surface area contributed by atoms with E-state index in [0.29, 0.717) is 5.92 Å². The summed E-state index contributed by atoms with van der Waals surface area (Å²) in [7, 11) is 1.91. The molecular formula is C16H21N3O. The van der Waals surface area contributed by atoms with Crippen LogP contribution in [0.25, 0.3) is 0 Å². The zero-order valence-corrected chi connectivity index (χ0v) is 12.1. The van der Waals surface area contributed by atoms with Crippen molar-refractivity contribution in [1.29, 1.82) is 0 Å². The Bertz CT molecular complexity index is 579. The molecule has 1 unspecified atom stereocenters. The Labute approximate surface area is 119 Å². The quantitative estimate of drug-likeness (QED) is 0.928. The molecule has 0 radical (unpaired) electrons. The summed E-state index contributed by atoms with van der Waals surface area (Å²) in [6, 6.07) is 10.7. The molecule has 1 aromatic heterocycles. The minimum Gasteiger partial charge on any atom is -0.363 e. The van der Waals surface area contributed by atoms with Gasteiger partial charge in [-0.2, -0.15) is 0 Å². The van der Waals surface area contributed by atoms with Gasteiger partial charge in [-0.3, -0.25) is 0 Å². The van der Waals surface area contributed by atoms with Gasteiger partial charge in [0.05, 0.1) is 12.2 Å². The van der Waals surface area contributed by atoms with Crippen LogP contribution in [0.2, 0.25) is 0 Å². The predicted octanol–water partition coefficient (Wildman–Crippen LogP) is 2.59. The number of hydrogen-bond donors (Lipinski definition) is 1. The van der Waals surface area contributed by atoms with E-state index in [1.54, 1.807) is 0 Å². The van der Waals surface area contributed by atoms with E-state index in [4.69, 9.17) is 4.52 Å². The molecule has 1 N–H and O–H groups in total. The highest BCUT2D eigenvalue weighted by molar-refractivity contribution is 5.55. The van der Waals surface area contributed by atoms with Gasteiger partial charge < -0.3 is 14.7 Å². The zero-order chi connectivity index (χ0) is 13.9. The molecule has 106 valence electrons. The average molecular weight is 271 g/mol. The molecule has 0 bridgehead atoms. The lowest BCUT2D eigenvalue weighted by molar-refractivity contribution is 0.369. The maximum atomic E-state index is 5.44. The predicted molar refractivity (Wildman–Crippen MR) is 79.6 cm³/mol. The van der Waals surface area contributed by atoms with E-state index < -0.39 is 0 Å². The average Bonchev–Trinajstić information content (AvgIpc) is 2.86. The van der Waals surface area contributed by atoms with E-state index in [1.807, 2.05) is 13.1 Å². The minimum absolute atomic E-state index is 0.671. The molecule has 3 rings (SSSR count). The molecule has 2 aromatic rings. The smallest absolute Gasteiger partial charge is 0.156 e. The molecule has 0 saturated carbocycles. The number of aromatic nitrogens is 1. The van der Waals surface area contributed by atoms with Crippen LogP contribution in [0.3, 0.4) is 0 Å². The summed E-state index contributed by atoms with van der Waals surface area (Å²) in [5.41, 5.74) is 3.72. The molecule has 20 heavy (non-hydrogen) atoms. The van der Waals surface area contributed by atoms with Crippen molar-refractivity contribution in [2.24, 2.45) is 5.92 Å². The van der Waals surface area contributed by atoms with Crippen molar-refractivity contribution >= 4 is 5.69 Å². The Kier molecular flexibility index (Phi) is 3.74. The van der Waals surface area contributed by atoms with E-state index in [2.05, 4.69) is 46.6 Å². The van der Waals surface area contributed by atoms with Gasteiger partial charge in [0.2, 0.25) is 0 Å². The van der Waals surface area contributed by atoms with Crippen LogP contribution in [0.5, 0.6) is 0 Å². The molecule has 0 amide bonds. The van der Waals surface area contributed by atoms with Crippen molar-refractivity contribution < 1.29 is 4.52 Å². The highest BCUT2D eigenvalue weighted by atomic mass is 16.5. The molecule has 0 fully saturated rings. The SMILES string of the molecule is CNCc1cc(CN2CC(C)Cc3ccccc32)on1. The topological polar surface area (TPSA) is 41.3 Å². The molecular weight excluding hydrogens is 250 g/mol. The zero-order valence-electron chi connectivity index (χ0n) is 12.1. The van der Waals surface area contributed by atoms with Crippen LogP contribution >= 0.6 is 0 Å². The fourth-order valence-corrected chi connectivity index (χ4v) is 2.94. The van der Waals surface area contributed by atoms with Crippen LogP contribution < -0.4 is 10.2 Å². The van der Waals surface area contributed by atoms with Crippen LogP contribution in [0, 0.1) is 5.92 Å². The van der Waals surface area contributed by atoms with Gasteiger partial charge in [0.25, 0.3) is 0 Å². The van der Waals surface area contributed by atoms with Gasteiger partial charge in [-0.1, -0.05) is 30.3 Å². The Hall–Kier alpha value is -1.81. The summed E-state index contributed by atoms with van der Waals surface area (Å²) in [6.45, 7) is 4.91. The second-order valence-corrected chi connectivity index (χ2v) is 5.63. The molecule has 1 atom stereocenters. The number of nitrogens with one attached hydrogen (secondary N) is 1. The second kappa shape index (κ2) is 5.67. The van der Waals surface area contributed by atoms with E-state index in [0.717, 1.165) is 37.5 Å². The first-order chi connectivity index (χ1) is 9.76. The van der Waals surface area contributed by atoms with Crippen molar-refractivity contribution in [2.75, 3.05) is 18.5 Å². The lowest BCUT2D eigenvalue weighted by Gasteiger charge is -2.34. The standard InChI is InChI=1S/C16H21N3O/c1-12-7-13-5-3-4-6-16(13)19(10-12)11-15-8-14(9-17-2)18-20-15/h3-6,8,12,17H,7,9-11H2,1-2H3. The first kappa shape index (κ1) is 13.2. The molecule has 1 aliphatic heterocycles. The van der Waals surface area contributed by atoms with Crippen molar-refractivity contribution in [3.63, 3.8) is 0 Å². The lowest BCUT2D eigenvalue weighted by atomic mass is 9.94. The van der Waals surface area contributed by atoms with Gasteiger partial charge >= 0.3 is 0 Å². The van der Waals surface area contributed by atoms with Gasteiger partial charge in [0, 0.05) is 24.8 Å². The summed E-state index contributed by atoms with van der Waals surface area (Å²) in [5.74, 6) is 1.60. The number of hydrogen-bond acceptors (Lipinski definition) is 4. The summed E-state index contributed by atoms with van der Waals surface area (Å²) in [4.78, 5) is 2.40. The number of nitrogens with zero attached hydrogens (tertiary/aromatic N) is 2. The molecule has 0 aliphatic carbocycles. The third kappa shape index (κ3) is 2.70. The van der Waals surface area contributed by atoms with Crippen LogP contribution in [-0.4, -0.2) is 18.7 Å². The Morgan fingerprint density at radius 3 is 3.10 bits per heavy atom. The fourth-order valence-electron chi connectivity index (χ4n) is 2.94. The molecule has 4 nitrogen and oxygen atoms in total. The number of rotatable bonds is 4. The van der Waals surface area contributed by atoms with Crippen LogP contribution in [0.4, 0.5) is 5.69 Å². The highest BCUT2D eigenvalue weighted by Gasteiger charge is 2.22. The molecule has 0 spiro atoms. The summed E-state index contributed by atoms with van der Waals surface area (Å²) in [6.07, 6.45) is 1.16. The number of benzene rings is 1. The van der Waals surface area contributed by atoms with Gasteiger partial charge in [-0.05, 0) is 31.0 Å². The van der Waals surface area contributed by atoms with Crippen LogP contribution in [0.1, 0.15) is 23.9 Å². The monoisotopic (exact) mass is 271 g/mol. The molecule has 0 saturated heterocycles. The number of fused-ring (bicyclic) bond motifs is 1. The molecule has 1 aromatic carbocycles. The van der Waals surface area contributed by atoms with Crippen molar-refractivity contribution in [2.45, 2.75) is 26.4 Å². The Morgan fingerprint density at radius 1 is 1.40 bits per heavy atom. The van der Waals surface area contributed by atoms with Crippen LogP contribution in [0.15, 0.2) is 34.9 Å². The van der Waals surface area contributed by atoms with Crippen molar-refractivity contribution in [1.82, 2.24) is 10.5 Å². The first-order valence-electron chi connectivity index (χ1n) is 7.18. The molecule has 2 heterocycles. The van der Waals surface area contributed by atoms with Gasteiger partial charge in [0.15, 0.2) is 5.76 Å². The third-order valence-corrected chi connectivity index (χ3v) is 3.75. The highest BCUT2D eigenvalue weighted by Crippen LogP contribution is 2.30. The summed E-state index contributed by atoms with van der Waals surface area (Å²) < 4.78 is 5.44.